The zero-order valence-corrected chi connectivity index (χ0v) is 22.9. The molecule has 0 unspecified atom stereocenters. The number of aromatic nitrogens is 3. The van der Waals surface area contributed by atoms with Crippen LogP contribution >= 0.6 is 11.8 Å². The van der Waals surface area contributed by atoms with Gasteiger partial charge in [-0.2, -0.15) is 5.10 Å². The van der Waals surface area contributed by atoms with Gasteiger partial charge in [0.25, 0.3) is 5.91 Å². The number of carbonyl (C=O) groups excluding carboxylic acids is 1. The van der Waals surface area contributed by atoms with Crippen molar-refractivity contribution in [1.82, 2.24) is 20.2 Å². The fourth-order valence-electron chi connectivity index (χ4n) is 3.77. The molecule has 0 aliphatic rings. The van der Waals surface area contributed by atoms with Crippen molar-refractivity contribution < 1.29 is 19.4 Å². The SMILES string of the molecule is COc1ccc(-n2c(SCC(=O)N/N=C\c3ccccc3C(=O)O)nnc2-c2ccc(C(C)(C)C)cc2)cc1. The molecule has 0 aliphatic carbocycles. The molecule has 0 saturated carbocycles. The summed E-state index contributed by atoms with van der Waals surface area (Å²) in [6.07, 6.45) is 1.31. The molecule has 39 heavy (non-hydrogen) atoms. The zero-order valence-electron chi connectivity index (χ0n) is 22.1. The van der Waals surface area contributed by atoms with E-state index in [0.29, 0.717) is 16.5 Å². The predicted octanol–water partition coefficient (Wildman–Crippen LogP) is 5.18. The van der Waals surface area contributed by atoms with Crippen LogP contribution in [0, 0.1) is 0 Å². The fraction of sp³-hybridized carbons (Fsp3) is 0.207. The maximum atomic E-state index is 12.5. The van der Waals surface area contributed by atoms with Gasteiger partial charge in [-0.15, -0.1) is 10.2 Å². The van der Waals surface area contributed by atoms with E-state index >= 15 is 0 Å². The van der Waals surface area contributed by atoms with E-state index in [1.165, 1.54) is 29.6 Å². The van der Waals surface area contributed by atoms with E-state index in [0.717, 1.165) is 17.0 Å². The van der Waals surface area contributed by atoms with Gasteiger partial charge in [0.15, 0.2) is 11.0 Å². The quantitative estimate of drug-likeness (QED) is 0.170. The molecule has 0 fully saturated rings. The van der Waals surface area contributed by atoms with E-state index in [9.17, 15) is 14.7 Å². The van der Waals surface area contributed by atoms with Crippen molar-refractivity contribution in [3.63, 3.8) is 0 Å². The third-order valence-electron chi connectivity index (χ3n) is 5.89. The molecule has 4 rings (SSSR count). The van der Waals surface area contributed by atoms with Crippen LogP contribution in [-0.2, 0) is 10.2 Å². The maximum Gasteiger partial charge on any atom is 0.336 e. The Morgan fingerprint density at radius 2 is 1.72 bits per heavy atom. The van der Waals surface area contributed by atoms with Gasteiger partial charge in [0, 0.05) is 16.8 Å². The highest BCUT2D eigenvalue weighted by Crippen LogP contribution is 2.30. The Hall–Kier alpha value is -4.44. The van der Waals surface area contributed by atoms with Crippen LogP contribution < -0.4 is 10.2 Å². The highest BCUT2D eigenvalue weighted by atomic mass is 32.2. The number of nitrogens with zero attached hydrogens (tertiary/aromatic N) is 4. The number of ether oxygens (including phenoxy) is 1. The lowest BCUT2D eigenvalue weighted by molar-refractivity contribution is -0.118. The van der Waals surface area contributed by atoms with Crippen molar-refractivity contribution in [1.29, 1.82) is 0 Å². The third-order valence-corrected chi connectivity index (χ3v) is 6.82. The predicted molar refractivity (Wildman–Crippen MR) is 152 cm³/mol. The first-order valence-corrected chi connectivity index (χ1v) is 13.1. The van der Waals surface area contributed by atoms with Crippen LogP contribution in [0.1, 0.15) is 42.3 Å². The average molecular weight is 544 g/mol. The zero-order chi connectivity index (χ0) is 28.0. The second kappa shape index (κ2) is 12.0. The topological polar surface area (TPSA) is 119 Å². The molecule has 0 saturated heterocycles. The van der Waals surface area contributed by atoms with Gasteiger partial charge in [-0.1, -0.05) is 75.0 Å². The standard InChI is InChI=1S/C29H29N5O4S/c1-29(2,3)21-11-9-19(10-12-21)26-32-33-28(34(26)22-13-15-23(38-4)16-14-22)39-18-25(35)31-30-17-20-7-5-6-8-24(20)27(36)37/h5-17H,18H2,1-4H3,(H,31,35)(H,36,37)/b30-17-. The Morgan fingerprint density at radius 1 is 1.03 bits per heavy atom. The number of rotatable bonds is 9. The molecule has 0 aliphatic heterocycles. The molecule has 1 amide bonds. The summed E-state index contributed by atoms with van der Waals surface area (Å²) >= 11 is 1.22. The van der Waals surface area contributed by atoms with Gasteiger partial charge in [-0.25, -0.2) is 10.2 Å². The van der Waals surface area contributed by atoms with Gasteiger partial charge >= 0.3 is 5.97 Å². The summed E-state index contributed by atoms with van der Waals surface area (Å²) in [7, 11) is 1.61. The third kappa shape index (κ3) is 6.71. The Balaban J connectivity index is 1.55. The number of benzene rings is 3. The highest BCUT2D eigenvalue weighted by Gasteiger charge is 2.19. The van der Waals surface area contributed by atoms with E-state index in [-0.39, 0.29) is 22.6 Å². The van der Waals surface area contributed by atoms with Crippen LogP contribution in [0.5, 0.6) is 5.75 Å². The number of thioether (sulfide) groups is 1. The minimum atomic E-state index is -1.07. The lowest BCUT2D eigenvalue weighted by Crippen LogP contribution is -2.20. The Morgan fingerprint density at radius 3 is 2.36 bits per heavy atom. The number of hydrogen-bond donors (Lipinski definition) is 2. The first-order valence-electron chi connectivity index (χ1n) is 12.1. The Bertz CT molecular complexity index is 1490. The molecule has 0 bridgehead atoms. The molecule has 3 aromatic carbocycles. The van der Waals surface area contributed by atoms with Gasteiger partial charge < -0.3 is 9.84 Å². The lowest BCUT2D eigenvalue weighted by Gasteiger charge is -2.19. The van der Waals surface area contributed by atoms with E-state index in [2.05, 4.69) is 53.6 Å². The highest BCUT2D eigenvalue weighted by molar-refractivity contribution is 7.99. The van der Waals surface area contributed by atoms with Crippen LogP contribution in [0.15, 0.2) is 83.1 Å². The number of aromatic carboxylic acids is 1. The van der Waals surface area contributed by atoms with Gasteiger partial charge in [0.1, 0.15) is 5.75 Å². The number of hydrogen-bond acceptors (Lipinski definition) is 7. The second-order valence-electron chi connectivity index (χ2n) is 9.64. The van der Waals surface area contributed by atoms with Gasteiger partial charge in [-0.3, -0.25) is 9.36 Å². The summed E-state index contributed by atoms with van der Waals surface area (Å²) in [4.78, 5) is 23.9. The molecule has 0 spiro atoms. The van der Waals surface area contributed by atoms with E-state index < -0.39 is 5.97 Å². The van der Waals surface area contributed by atoms with Crippen LogP contribution in [0.2, 0.25) is 0 Å². The first-order chi connectivity index (χ1) is 18.7. The number of nitrogens with one attached hydrogen (secondary N) is 1. The summed E-state index contributed by atoms with van der Waals surface area (Å²) in [5, 5.41) is 22.6. The number of methoxy groups -OCH3 is 1. The smallest absolute Gasteiger partial charge is 0.336 e. The van der Waals surface area contributed by atoms with Crippen molar-refractivity contribution in [3.8, 4) is 22.8 Å². The summed E-state index contributed by atoms with van der Waals surface area (Å²) in [6, 6.07) is 22.2. The molecular weight excluding hydrogens is 514 g/mol. The number of carboxylic acids is 1. The Labute approximate surface area is 230 Å². The monoisotopic (exact) mass is 543 g/mol. The number of amides is 1. The molecule has 0 atom stereocenters. The summed E-state index contributed by atoms with van der Waals surface area (Å²) < 4.78 is 7.20. The summed E-state index contributed by atoms with van der Waals surface area (Å²) in [5.74, 6) is -0.0504. The number of carboxylic acid groups (broad SMARTS) is 1. The molecule has 1 heterocycles. The molecule has 10 heteroatoms. The molecule has 1 aromatic heterocycles. The van der Waals surface area contributed by atoms with Crippen LogP contribution in [0.3, 0.4) is 0 Å². The minimum absolute atomic E-state index is 0.0226. The second-order valence-corrected chi connectivity index (χ2v) is 10.6. The fourth-order valence-corrected chi connectivity index (χ4v) is 4.52. The van der Waals surface area contributed by atoms with Gasteiger partial charge in [0.05, 0.1) is 24.6 Å². The van der Waals surface area contributed by atoms with Crippen LogP contribution in [-0.4, -0.2) is 50.8 Å². The number of hydrazone groups is 1. The average Bonchev–Trinajstić information content (AvgIpc) is 3.35. The summed E-state index contributed by atoms with van der Waals surface area (Å²) in [5.41, 5.74) is 5.87. The molecule has 200 valence electrons. The maximum absolute atomic E-state index is 12.5. The largest absolute Gasteiger partial charge is 0.497 e. The Kier molecular flexibility index (Phi) is 8.46. The van der Waals surface area contributed by atoms with Crippen molar-refractivity contribution >= 4 is 29.9 Å². The van der Waals surface area contributed by atoms with E-state index in [4.69, 9.17) is 4.74 Å². The molecule has 9 nitrogen and oxygen atoms in total. The molecule has 2 N–H and O–H groups in total. The van der Waals surface area contributed by atoms with Gasteiger partial charge in [-0.05, 0) is 41.3 Å². The van der Waals surface area contributed by atoms with Gasteiger partial charge in [0.2, 0.25) is 0 Å². The number of carbonyl (C=O) groups is 2. The summed E-state index contributed by atoms with van der Waals surface area (Å²) in [6.45, 7) is 6.49. The van der Waals surface area contributed by atoms with E-state index in [1.54, 1.807) is 25.3 Å². The van der Waals surface area contributed by atoms with Crippen molar-refractivity contribution in [2.75, 3.05) is 12.9 Å². The van der Waals surface area contributed by atoms with Crippen molar-refractivity contribution in [3.05, 3.63) is 89.5 Å². The van der Waals surface area contributed by atoms with Crippen LogP contribution in [0.25, 0.3) is 17.1 Å². The minimum Gasteiger partial charge on any atom is -0.497 e. The van der Waals surface area contributed by atoms with E-state index in [1.807, 2.05) is 41.0 Å². The van der Waals surface area contributed by atoms with Crippen molar-refractivity contribution in [2.45, 2.75) is 31.3 Å². The molecular formula is C29H29N5O4S. The molecule has 4 aromatic rings. The van der Waals surface area contributed by atoms with Crippen molar-refractivity contribution in [2.24, 2.45) is 5.10 Å². The first kappa shape index (κ1) is 27.6. The normalized spacial score (nSPS) is 11.5. The lowest BCUT2D eigenvalue weighted by atomic mass is 9.87. The molecule has 0 radical (unpaired) electrons. The van der Waals surface area contributed by atoms with Crippen LogP contribution in [0.4, 0.5) is 0 Å².